The Morgan fingerprint density at radius 1 is 1.57 bits per heavy atom. The first kappa shape index (κ1) is 15.7. The molecule has 0 aromatic rings. The van der Waals surface area contributed by atoms with Gasteiger partial charge in [0.2, 0.25) is 5.78 Å². The minimum Gasteiger partial charge on any atom is -0.465 e. The molecule has 0 bridgehead atoms. The summed E-state index contributed by atoms with van der Waals surface area (Å²) < 4.78 is 5.46. The number of carbonyl (C=O) groups excluding carboxylic acids is 2. The third kappa shape index (κ3) is 2.74. The molecule has 0 fully saturated rings. The van der Waals surface area contributed by atoms with E-state index in [1.807, 2.05) is 6.92 Å². The number of ketones is 2. The van der Waals surface area contributed by atoms with E-state index in [1.165, 1.54) is 20.1 Å². The van der Waals surface area contributed by atoms with Crippen molar-refractivity contribution in [3.63, 3.8) is 0 Å². The van der Waals surface area contributed by atoms with Gasteiger partial charge in [0.15, 0.2) is 0 Å². The normalized spacial score (nSPS) is 29.0. The smallest absolute Gasteiger partial charge is 0.206 e. The highest BCUT2D eigenvalue weighted by molar-refractivity contribution is 6.45. The van der Waals surface area contributed by atoms with Crippen LogP contribution >= 0.6 is 11.6 Å². The van der Waals surface area contributed by atoms with E-state index in [9.17, 15) is 14.7 Å². The summed E-state index contributed by atoms with van der Waals surface area (Å²) in [6.45, 7) is 4.65. The number of allylic oxidation sites excluding steroid dienone is 4. The van der Waals surface area contributed by atoms with Gasteiger partial charge in [-0.15, -0.1) is 0 Å². The lowest BCUT2D eigenvalue weighted by molar-refractivity contribution is -0.137. The van der Waals surface area contributed by atoms with Crippen LogP contribution in [0.4, 0.5) is 0 Å². The van der Waals surface area contributed by atoms with Crippen LogP contribution in [0.25, 0.3) is 0 Å². The average Bonchev–Trinajstić information content (AvgIpc) is 2.42. The molecule has 0 aromatic heterocycles. The zero-order chi connectivity index (χ0) is 15.8. The van der Waals surface area contributed by atoms with Gasteiger partial charge in [0, 0.05) is 23.5 Å². The predicted octanol–water partition coefficient (Wildman–Crippen LogP) is 2.78. The second-order valence-electron chi connectivity index (χ2n) is 5.40. The number of ether oxygens (including phenoxy) is 1. The van der Waals surface area contributed by atoms with Crippen LogP contribution in [0.15, 0.2) is 46.4 Å². The molecule has 1 N–H and O–H groups in total. The van der Waals surface area contributed by atoms with Crippen LogP contribution in [0.2, 0.25) is 0 Å². The van der Waals surface area contributed by atoms with Crippen LogP contribution in [0.5, 0.6) is 0 Å². The Kier molecular flexibility index (Phi) is 4.21. The summed E-state index contributed by atoms with van der Waals surface area (Å²) >= 11 is 6.11. The number of fused-ring (bicyclic) bond motifs is 1. The third-order valence-corrected chi connectivity index (χ3v) is 4.07. The van der Waals surface area contributed by atoms with Gasteiger partial charge < -0.3 is 14.6 Å². The summed E-state index contributed by atoms with van der Waals surface area (Å²) in [4.78, 5) is 23.8. The quantitative estimate of drug-likeness (QED) is 0.871. The summed E-state index contributed by atoms with van der Waals surface area (Å²) in [6, 6.07) is 0. The number of aliphatic hydroxyl groups is 1. The minimum atomic E-state index is -1.71. The lowest BCUT2D eigenvalue weighted by atomic mass is 9.70. The van der Waals surface area contributed by atoms with Gasteiger partial charge in [0.05, 0.1) is 11.3 Å². The van der Waals surface area contributed by atoms with E-state index in [2.05, 4.69) is 0 Å². The molecule has 21 heavy (non-hydrogen) atoms. The number of Topliss-reactive ketones (excluding diaryl/α,β-unsaturated/α-hetero) is 2. The fraction of sp³-hybridized carbons (Fsp3) is 0.375. The van der Waals surface area contributed by atoms with Gasteiger partial charge in [-0.05, 0) is 32.9 Å². The van der Waals surface area contributed by atoms with Crippen molar-refractivity contribution < 1.29 is 19.4 Å². The molecule has 1 aliphatic heterocycles. The van der Waals surface area contributed by atoms with Gasteiger partial charge in [-0.1, -0.05) is 17.7 Å². The topological polar surface area (TPSA) is 63.6 Å². The molecular weight excluding hydrogens is 292 g/mol. The summed E-state index contributed by atoms with van der Waals surface area (Å²) in [7, 11) is 0. The zero-order valence-electron chi connectivity index (χ0n) is 12.1. The molecule has 2 aliphatic rings. The first-order valence-corrected chi connectivity index (χ1v) is 7.04. The lowest BCUT2D eigenvalue weighted by Gasteiger charge is -2.38. The second-order valence-corrected chi connectivity index (χ2v) is 5.78. The van der Waals surface area contributed by atoms with Gasteiger partial charge in [-0.2, -0.15) is 0 Å². The van der Waals surface area contributed by atoms with Crippen molar-refractivity contribution in [2.45, 2.75) is 32.8 Å². The summed E-state index contributed by atoms with van der Waals surface area (Å²) in [5, 5.41) is 10.4. The first-order chi connectivity index (χ1) is 9.78. The third-order valence-electron chi connectivity index (χ3n) is 3.69. The molecule has 0 spiro atoms. The molecule has 1 heterocycles. The fourth-order valence-electron chi connectivity index (χ4n) is 2.57. The van der Waals surface area contributed by atoms with Crippen molar-refractivity contribution in [1.29, 1.82) is 0 Å². The molecule has 0 amide bonds. The van der Waals surface area contributed by atoms with Crippen LogP contribution < -0.4 is 0 Å². The molecule has 0 saturated carbocycles. The first-order valence-electron chi connectivity index (χ1n) is 6.67. The van der Waals surface area contributed by atoms with Crippen LogP contribution in [0, 0.1) is 5.92 Å². The molecule has 1 aliphatic carbocycles. The number of halogens is 1. The lowest BCUT2D eigenvalue weighted by Crippen LogP contribution is -2.48. The highest BCUT2D eigenvalue weighted by atomic mass is 35.5. The molecular formula is C16H17ClO4. The maximum absolute atomic E-state index is 12.3. The van der Waals surface area contributed by atoms with E-state index in [0.717, 1.165) is 0 Å². The van der Waals surface area contributed by atoms with Gasteiger partial charge in [0.25, 0.3) is 0 Å². The SMILES string of the molecule is CC=CC1=CC2=C(Cl)C(=O)C(C)(O)C(CC(C)=O)C2=CO1. The maximum Gasteiger partial charge on any atom is 0.206 e. The summed E-state index contributed by atoms with van der Waals surface area (Å²) in [6.07, 6.45) is 6.70. The van der Waals surface area contributed by atoms with Crippen molar-refractivity contribution in [1.82, 2.24) is 0 Å². The Bertz CT molecular complexity index is 620. The Morgan fingerprint density at radius 3 is 2.81 bits per heavy atom. The van der Waals surface area contributed by atoms with E-state index in [4.69, 9.17) is 16.3 Å². The van der Waals surface area contributed by atoms with Crippen molar-refractivity contribution in [3.8, 4) is 0 Å². The minimum absolute atomic E-state index is 0.0312. The average molecular weight is 309 g/mol. The number of rotatable bonds is 3. The Hall–Kier alpha value is -1.65. The van der Waals surface area contributed by atoms with E-state index in [-0.39, 0.29) is 17.2 Å². The molecule has 2 rings (SSSR count). The highest BCUT2D eigenvalue weighted by Gasteiger charge is 2.48. The summed E-state index contributed by atoms with van der Waals surface area (Å²) in [5.74, 6) is -0.802. The molecule has 5 heteroatoms. The van der Waals surface area contributed by atoms with Crippen molar-refractivity contribution in [3.05, 3.63) is 46.4 Å². The standard InChI is InChI=1S/C16H17ClO4/c1-4-5-10-7-11-12(8-21-10)13(6-9(2)18)16(3,20)15(19)14(11)17/h4-5,7-8,13,20H,6H2,1-3H3. The van der Waals surface area contributed by atoms with Crippen LogP contribution in [0.3, 0.4) is 0 Å². The van der Waals surface area contributed by atoms with E-state index < -0.39 is 17.3 Å². The Balaban J connectivity index is 2.56. The van der Waals surface area contributed by atoms with E-state index >= 15 is 0 Å². The molecule has 0 radical (unpaired) electrons. The molecule has 2 unspecified atom stereocenters. The largest absolute Gasteiger partial charge is 0.465 e. The van der Waals surface area contributed by atoms with Gasteiger partial charge in [-0.25, -0.2) is 0 Å². The van der Waals surface area contributed by atoms with E-state index in [0.29, 0.717) is 16.9 Å². The van der Waals surface area contributed by atoms with Gasteiger partial charge >= 0.3 is 0 Å². The summed E-state index contributed by atoms with van der Waals surface area (Å²) in [5.41, 5.74) is -0.625. The number of hydrogen-bond donors (Lipinski definition) is 1. The Morgan fingerprint density at radius 2 is 2.24 bits per heavy atom. The predicted molar refractivity (Wildman–Crippen MR) is 79.4 cm³/mol. The fourth-order valence-corrected chi connectivity index (χ4v) is 2.92. The monoisotopic (exact) mass is 308 g/mol. The number of carbonyl (C=O) groups is 2. The molecule has 112 valence electrons. The molecule has 0 aromatic carbocycles. The highest BCUT2D eigenvalue weighted by Crippen LogP contribution is 2.44. The van der Waals surface area contributed by atoms with Crippen molar-refractivity contribution in [2.75, 3.05) is 0 Å². The molecule has 0 saturated heterocycles. The van der Waals surface area contributed by atoms with E-state index in [1.54, 1.807) is 18.2 Å². The van der Waals surface area contributed by atoms with Gasteiger partial charge in [0.1, 0.15) is 17.1 Å². The van der Waals surface area contributed by atoms with Crippen LogP contribution in [-0.2, 0) is 14.3 Å². The van der Waals surface area contributed by atoms with Crippen LogP contribution in [-0.4, -0.2) is 22.3 Å². The van der Waals surface area contributed by atoms with Crippen molar-refractivity contribution in [2.24, 2.45) is 5.92 Å². The van der Waals surface area contributed by atoms with Crippen LogP contribution in [0.1, 0.15) is 27.2 Å². The van der Waals surface area contributed by atoms with Crippen molar-refractivity contribution >= 4 is 23.2 Å². The zero-order valence-corrected chi connectivity index (χ0v) is 12.9. The Labute approximate surface area is 128 Å². The second kappa shape index (κ2) is 5.62. The molecule has 2 atom stereocenters. The maximum atomic E-state index is 12.3. The molecule has 4 nitrogen and oxygen atoms in total. The van der Waals surface area contributed by atoms with Gasteiger partial charge in [-0.3, -0.25) is 4.79 Å². The number of hydrogen-bond acceptors (Lipinski definition) is 4.